The van der Waals surface area contributed by atoms with Crippen molar-refractivity contribution in [2.24, 2.45) is 23.7 Å². The maximum absolute atomic E-state index is 13.0. The van der Waals surface area contributed by atoms with Crippen LogP contribution in [-0.4, -0.2) is 96.7 Å². The third kappa shape index (κ3) is 63.5. The predicted octanol–water partition coefficient (Wildman–Crippen LogP) is 20.1. The molecule has 0 spiro atoms. The quantitative estimate of drug-likeness (QED) is 0.0222. The topological polar surface area (TPSA) is 237 Å². The Morgan fingerprint density at radius 2 is 0.533 bits per heavy atom. The summed E-state index contributed by atoms with van der Waals surface area (Å²) >= 11 is 0. The maximum atomic E-state index is 13.0. The molecule has 0 fully saturated rings. The van der Waals surface area contributed by atoms with Crippen LogP contribution >= 0.6 is 15.6 Å². The number of carbonyl (C=O) groups is 4. The number of ether oxygens (including phenoxy) is 4. The largest absolute Gasteiger partial charge is 0.472 e. The van der Waals surface area contributed by atoms with Crippen molar-refractivity contribution in [3.05, 3.63) is 0 Å². The van der Waals surface area contributed by atoms with E-state index in [0.29, 0.717) is 31.6 Å². The molecule has 0 saturated heterocycles. The van der Waals surface area contributed by atoms with Gasteiger partial charge in [-0.25, -0.2) is 9.13 Å². The van der Waals surface area contributed by atoms with Crippen molar-refractivity contribution < 1.29 is 80.2 Å². The number of aliphatic hydroxyl groups is 1. The van der Waals surface area contributed by atoms with Gasteiger partial charge in [0.05, 0.1) is 26.4 Å². The number of esters is 4. The van der Waals surface area contributed by atoms with Crippen LogP contribution in [0, 0.1) is 23.7 Å². The normalized spacial score (nSPS) is 14.6. The smallest absolute Gasteiger partial charge is 0.462 e. The Morgan fingerprint density at radius 3 is 0.789 bits per heavy atom. The number of hydrogen-bond donors (Lipinski definition) is 3. The first-order chi connectivity index (χ1) is 43.1. The highest BCUT2D eigenvalue weighted by molar-refractivity contribution is 7.47. The van der Waals surface area contributed by atoms with Gasteiger partial charge in [0.1, 0.15) is 19.3 Å². The summed E-state index contributed by atoms with van der Waals surface area (Å²) in [5, 5.41) is 10.6. The van der Waals surface area contributed by atoms with E-state index in [4.69, 9.17) is 37.0 Å². The first-order valence-corrected chi connectivity index (χ1v) is 39.7. The summed E-state index contributed by atoms with van der Waals surface area (Å²) < 4.78 is 68.3. The van der Waals surface area contributed by atoms with E-state index in [1.807, 2.05) is 0 Å². The van der Waals surface area contributed by atoms with Crippen molar-refractivity contribution in [2.75, 3.05) is 39.6 Å². The number of aliphatic hydroxyl groups excluding tert-OH is 1. The van der Waals surface area contributed by atoms with Crippen molar-refractivity contribution in [2.45, 2.75) is 369 Å². The van der Waals surface area contributed by atoms with E-state index < -0.39 is 97.5 Å². The molecule has 0 bridgehead atoms. The lowest BCUT2D eigenvalue weighted by atomic mass is 9.99. The van der Waals surface area contributed by atoms with Gasteiger partial charge >= 0.3 is 39.5 Å². The first-order valence-electron chi connectivity index (χ1n) is 36.7. The van der Waals surface area contributed by atoms with Gasteiger partial charge < -0.3 is 33.8 Å². The molecule has 0 aliphatic rings. The van der Waals surface area contributed by atoms with Crippen LogP contribution in [0.5, 0.6) is 0 Å². The molecule has 19 heteroatoms. The highest BCUT2D eigenvalue weighted by atomic mass is 31.2. The third-order valence-electron chi connectivity index (χ3n) is 16.7. The van der Waals surface area contributed by atoms with Gasteiger partial charge in [0, 0.05) is 25.7 Å². The second kappa shape index (κ2) is 60.7. The van der Waals surface area contributed by atoms with E-state index in [-0.39, 0.29) is 25.7 Å². The number of hydrogen-bond acceptors (Lipinski definition) is 15. The number of carbonyl (C=O) groups excluding carboxylic acids is 4. The number of rotatable bonds is 68. The van der Waals surface area contributed by atoms with Crippen molar-refractivity contribution in [3.63, 3.8) is 0 Å². The van der Waals surface area contributed by atoms with E-state index in [2.05, 4.69) is 55.4 Å². The second-order valence-corrected chi connectivity index (χ2v) is 30.2. The van der Waals surface area contributed by atoms with Crippen molar-refractivity contribution in [1.29, 1.82) is 0 Å². The Kier molecular flexibility index (Phi) is 59.4. The summed E-state index contributed by atoms with van der Waals surface area (Å²) in [5.74, 6) is 0.881. The monoisotopic (exact) mass is 1320 g/mol. The molecule has 6 atom stereocenters. The minimum Gasteiger partial charge on any atom is -0.462 e. The molecule has 0 aliphatic heterocycles. The molecular weight excluding hydrogens is 1190 g/mol. The number of phosphoric ester groups is 2. The third-order valence-corrected chi connectivity index (χ3v) is 18.6. The molecule has 0 amide bonds. The number of unbranched alkanes of at least 4 members (excludes halogenated alkanes) is 33. The van der Waals surface area contributed by atoms with Gasteiger partial charge in [-0.1, -0.05) is 299 Å². The molecule has 0 aromatic carbocycles. The van der Waals surface area contributed by atoms with E-state index in [9.17, 15) is 43.2 Å². The van der Waals surface area contributed by atoms with Crippen LogP contribution in [0.1, 0.15) is 351 Å². The van der Waals surface area contributed by atoms with Crippen LogP contribution in [-0.2, 0) is 65.4 Å². The van der Waals surface area contributed by atoms with Crippen LogP contribution in [0.15, 0.2) is 0 Å². The fraction of sp³-hybridized carbons (Fsp3) is 0.944. The molecule has 3 N–H and O–H groups in total. The highest BCUT2D eigenvalue weighted by Gasteiger charge is 2.30. The summed E-state index contributed by atoms with van der Waals surface area (Å²) in [5.41, 5.74) is 0. The Bertz CT molecular complexity index is 1780. The average Bonchev–Trinajstić information content (AvgIpc) is 3.67. The lowest BCUT2D eigenvalue weighted by Gasteiger charge is -2.21. The Balaban J connectivity index is 5.27. The molecule has 17 nitrogen and oxygen atoms in total. The fourth-order valence-corrected chi connectivity index (χ4v) is 12.2. The standard InChI is InChI=1S/C71H138O17P2/c1-9-64(8)50-42-34-26-20-21-29-38-46-54-71(76)88-67(58-82-69(74)52-44-36-30-22-25-33-41-49-63(6)7)60-86-90(79,80)84-56-65(72)55-83-89(77,78)85-59-66(57-81-68(73)51-43-35-27-18-15-14-17-24-32-40-48-62(4)5)87-70(75)53-45-37-28-19-13-11-10-12-16-23-31-39-47-61(2)3/h61-67,72H,9-60H2,1-8H3,(H,77,78)(H,79,80)/t64?,65?,66-,67-/m1/s1. The highest BCUT2D eigenvalue weighted by Crippen LogP contribution is 2.45. The van der Waals surface area contributed by atoms with Gasteiger partial charge in [0.25, 0.3) is 0 Å². The Labute approximate surface area is 549 Å². The molecule has 0 aromatic heterocycles. The van der Waals surface area contributed by atoms with Gasteiger partial charge in [-0.05, 0) is 49.4 Å². The van der Waals surface area contributed by atoms with Crippen LogP contribution in [0.25, 0.3) is 0 Å². The van der Waals surface area contributed by atoms with Crippen molar-refractivity contribution in [3.8, 4) is 0 Å². The first kappa shape index (κ1) is 88.1. The average molecular weight is 1330 g/mol. The molecule has 0 aliphatic carbocycles. The zero-order valence-corrected chi connectivity index (χ0v) is 60.6. The van der Waals surface area contributed by atoms with Gasteiger partial charge in [-0.3, -0.25) is 37.3 Å². The molecule has 0 aromatic rings. The summed E-state index contributed by atoms with van der Waals surface area (Å²) in [6.45, 7) is 14.1. The predicted molar refractivity (Wildman–Crippen MR) is 363 cm³/mol. The van der Waals surface area contributed by atoms with Crippen molar-refractivity contribution in [1.82, 2.24) is 0 Å². The molecule has 0 radical (unpaired) electrons. The number of phosphoric acid groups is 2. The van der Waals surface area contributed by atoms with Gasteiger partial charge in [0.2, 0.25) is 0 Å². The molecular formula is C71H138O17P2. The molecule has 0 heterocycles. The SMILES string of the molecule is CCC(C)CCCCCCCCCCC(=O)O[C@H](COC(=O)CCCCCCCCCC(C)C)COP(=O)(O)OCC(O)COP(=O)(O)OC[C@@H](COC(=O)CCCCCCCCCCCCC(C)C)OC(=O)CCCCCCCCCCCCCCC(C)C. The lowest BCUT2D eigenvalue weighted by molar-refractivity contribution is -0.161. The minimum absolute atomic E-state index is 0.104. The molecule has 534 valence electrons. The molecule has 4 unspecified atom stereocenters. The van der Waals surface area contributed by atoms with E-state index >= 15 is 0 Å². The van der Waals surface area contributed by atoms with Crippen LogP contribution in [0.3, 0.4) is 0 Å². The second-order valence-electron chi connectivity index (χ2n) is 27.3. The maximum Gasteiger partial charge on any atom is 0.472 e. The minimum atomic E-state index is -4.95. The van der Waals surface area contributed by atoms with E-state index in [0.717, 1.165) is 114 Å². The van der Waals surface area contributed by atoms with E-state index in [1.165, 1.54) is 148 Å². The molecule has 90 heavy (non-hydrogen) atoms. The zero-order valence-electron chi connectivity index (χ0n) is 58.8. The van der Waals surface area contributed by atoms with Crippen LogP contribution in [0.4, 0.5) is 0 Å². The fourth-order valence-electron chi connectivity index (χ4n) is 10.6. The lowest BCUT2D eigenvalue weighted by Crippen LogP contribution is -2.30. The van der Waals surface area contributed by atoms with Crippen LogP contribution < -0.4 is 0 Å². The van der Waals surface area contributed by atoms with E-state index in [1.54, 1.807) is 0 Å². The zero-order chi connectivity index (χ0) is 66.8. The Morgan fingerprint density at radius 1 is 0.311 bits per heavy atom. The summed E-state index contributed by atoms with van der Waals surface area (Å²) in [4.78, 5) is 72.6. The van der Waals surface area contributed by atoms with Gasteiger partial charge in [0.15, 0.2) is 12.2 Å². The van der Waals surface area contributed by atoms with Gasteiger partial charge in [-0.15, -0.1) is 0 Å². The van der Waals surface area contributed by atoms with Crippen LogP contribution in [0.2, 0.25) is 0 Å². The van der Waals surface area contributed by atoms with Gasteiger partial charge in [-0.2, -0.15) is 0 Å². The molecule has 0 saturated carbocycles. The summed E-state index contributed by atoms with van der Waals surface area (Å²) in [6, 6.07) is 0. The van der Waals surface area contributed by atoms with Crippen molar-refractivity contribution >= 4 is 39.5 Å². The molecule has 0 rings (SSSR count). The Hall–Kier alpha value is -1.94. The summed E-state index contributed by atoms with van der Waals surface area (Å²) in [6.07, 6.45) is 43.0. The summed E-state index contributed by atoms with van der Waals surface area (Å²) in [7, 11) is -9.90.